The molecule has 0 aliphatic heterocycles. The van der Waals surface area contributed by atoms with Crippen molar-refractivity contribution < 1.29 is 4.79 Å². The molecule has 0 aliphatic carbocycles. The number of benzene rings is 3. The number of thiazole rings is 1. The number of hydrogen-bond donors (Lipinski definition) is 2. The molecule has 0 fully saturated rings. The fraction of sp³-hybridized carbons (Fsp3) is 0.0417. The second kappa shape index (κ2) is 8.98. The lowest BCUT2D eigenvalue weighted by Gasteiger charge is -2.08. The lowest BCUT2D eigenvalue weighted by molar-refractivity contribution is -0.115. The van der Waals surface area contributed by atoms with Crippen LogP contribution in [0.1, 0.15) is 11.1 Å². The molecule has 1 heterocycles. The van der Waals surface area contributed by atoms with E-state index in [0.29, 0.717) is 0 Å². The van der Waals surface area contributed by atoms with Crippen LogP contribution in [0, 0.1) is 6.92 Å². The Morgan fingerprint density at radius 1 is 1.03 bits per heavy atom. The van der Waals surface area contributed by atoms with Gasteiger partial charge in [0.2, 0.25) is 5.91 Å². The van der Waals surface area contributed by atoms with E-state index in [4.69, 9.17) is 17.2 Å². The average molecular weight is 430 g/mol. The van der Waals surface area contributed by atoms with Crippen molar-refractivity contribution >= 4 is 56.6 Å². The van der Waals surface area contributed by atoms with Gasteiger partial charge in [-0.3, -0.25) is 10.1 Å². The van der Waals surface area contributed by atoms with Crippen molar-refractivity contribution in [1.29, 1.82) is 0 Å². The van der Waals surface area contributed by atoms with E-state index in [9.17, 15) is 4.79 Å². The Kier molecular flexibility index (Phi) is 5.97. The van der Waals surface area contributed by atoms with E-state index in [1.54, 1.807) is 17.4 Å². The molecule has 1 aromatic heterocycles. The van der Waals surface area contributed by atoms with Crippen molar-refractivity contribution in [2.75, 3.05) is 5.32 Å². The SMILES string of the molecule is Cc1ccc2nc(-c3ccc(NC(=S)NC(=O)C=Cc4ccccc4)cc3)sc2c1. The van der Waals surface area contributed by atoms with E-state index >= 15 is 0 Å². The van der Waals surface area contributed by atoms with Gasteiger partial charge in [0, 0.05) is 17.3 Å². The van der Waals surface area contributed by atoms with Gasteiger partial charge in [-0.2, -0.15) is 0 Å². The molecule has 0 aliphatic rings. The van der Waals surface area contributed by atoms with Crippen molar-refractivity contribution in [2.24, 2.45) is 0 Å². The predicted octanol–water partition coefficient (Wildman–Crippen LogP) is 5.80. The number of thiocarbonyl (C=S) groups is 1. The minimum absolute atomic E-state index is 0.251. The molecule has 0 radical (unpaired) electrons. The lowest BCUT2D eigenvalue weighted by atomic mass is 10.2. The van der Waals surface area contributed by atoms with E-state index in [1.165, 1.54) is 16.3 Å². The van der Waals surface area contributed by atoms with Gasteiger partial charge in [-0.05, 0) is 72.7 Å². The second-order valence-corrected chi connectivity index (χ2v) is 8.19. The van der Waals surface area contributed by atoms with Crippen LogP contribution < -0.4 is 10.6 Å². The van der Waals surface area contributed by atoms with E-state index in [2.05, 4.69) is 29.7 Å². The van der Waals surface area contributed by atoms with Crippen LogP contribution in [0.2, 0.25) is 0 Å². The maximum Gasteiger partial charge on any atom is 0.250 e. The lowest BCUT2D eigenvalue weighted by Crippen LogP contribution is -2.32. The van der Waals surface area contributed by atoms with Gasteiger partial charge < -0.3 is 5.32 Å². The number of rotatable bonds is 4. The van der Waals surface area contributed by atoms with Crippen molar-refractivity contribution in [2.45, 2.75) is 6.92 Å². The Bertz CT molecular complexity index is 1230. The van der Waals surface area contributed by atoms with Crippen LogP contribution in [-0.2, 0) is 4.79 Å². The normalized spacial score (nSPS) is 11.0. The highest BCUT2D eigenvalue weighted by atomic mass is 32.1. The number of aromatic nitrogens is 1. The van der Waals surface area contributed by atoms with Gasteiger partial charge in [-0.1, -0.05) is 36.4 Å². The van der Waals surface area contributed by atoms with E-state index in [-0.39, 0.29) is 11.0 Å². The van der Waals surface area contributed by atoms with E-state index in [0.717, 1.165) is 27.3 Å². The summed E-state index contributed by atoms with van der Waals surface area (Å²) in [7, 11) is 0. The molecular formula is C24H19N3OS2. The molecule has 3 aromatic carbocycles. The van der Waals surface area contributed by atoms with Crippen LogP contribution >= 0.6 is 23.6 Å². The molecular weight excluding hydrogens is 410 g/mol. The van der Waals surface area contributed by atoms with Crippen LogP contribution in [0.5, 0.6) is 0 Å². The molecule has 0 bridgehead atoms. The summed E-state index contributed by atoms with van der Waals surface area (Å²) < 4.78 is 1.18. The number of carbonyl (C=O) groups is 1. The summed E-state index contributed by atoms with van der Waals surface area (Å²) in [6.45, 7) is 2.08. The Hall–Kier alpha value is -3.35. The van der Waals surface area contributed by atoms with Crippen molar-refractivity contribution in [3.63, 3.8) is 0 Å². The molecule has 1 amide bonds. The topological polar surface area (TPSA) is 54.0 Å². The summed E-state index contributed by atoms with van der Waals surface area (Å²) in [5, 5.41) is 6.91. The van der Waals surface area contributed by atoms with Gasteiger partial charge in [-0.15, -0.1) is 11.3 Å². The zero-order valence-electron chi connectivity index (χ0n) is 16.3. The number of hydrogen-bond acceptors (Lipinski definition) is 4. The maximum atomic E-state index is 12.0. The molecule has 0 atom stereocenters. The van der Waals surface area contributed by atoms with Crippen molar-refractivity contribution in [1.82, 2.24) is 10.3 Å². The highest BCUT2D eigenvalue weighted by Crippen LogP contribution is 2.31. The first-order chi connectivity index (χ1) is 14.6. The quantitative estimate of drug-likeness (QED) is 0.318. The van der Waals surface area contributed by atoms with Gasteiger partial charge in [0.1, 0.15) is 5.01 Å². The monoisotopic (exact) mass is 429 g/mol. The van der Waals surface area contributed by atoms with Crippen molar-refractivity contribution in [3.05, 3.63) is 90.0 Å². The second-order valence-electron chi connectivity index (χ2n) is 6.75. The molecule has 0 saturated carbocycles. The smallest absolute Gasteiger partial charge is 0.250 e. The predicted molar refractivity (Wildman–Crippen MR) is 130 cm³/mol. The third-order valence-electron chi connectivity index (χ3n) is 4.40. The summed E-state index contributed by atoms with van der Waals surface area (Å²) in [6, 6.07) is 23.7. The summed E-state index contributed by atoms with van der Waals surface area (Å²) in [6.07, 6.45) is 3.20. The zero-order valence-corrected chi connectivity index (χ0v) is 17.9. The van der Waals surface area contributed by atoms with Crippen LogP contribution in [0.3, 0.4) is 0 Å². The van der Waals surface area contributed by atoms with Crippen LogP contribution in [0.25, 0.3) is 26.9 Å². The van der Waals surface area contributed by atoms with Gasteiger partial charge in [-0.25, -0.2) is 4.98 Å². The van der Waals surface area contributed by atoms with Gasteiger partial charge in [0.25, 0.3) is 0 Å². The Balaban J connectivity index is 1.37. The fourth-order valence-corrected chi connectivity index (χ4v) is 4.19. The first kappa shape index (κ1) is 19.9. The third-order valence-corrected chi connectivity index (χ3v) is 5.67. The van der Waals surface area contributed by atoms with Gasteiger partial charge in [0.15, 0.2) is 5.11 Å². The number of fused-ring (bicyclic) bond motifs is 1. The number of nitrogens with zero attached hydrogens (tertiary/aromatic N) is 1. The Morgan fingerprint density at radius 2 is 1.80 bits per heavy atom. The summed E-state index contributed by atoms with van der Waals surface area (Å²) in [4.78, 5) is 16.7. The summed E-state index contributed by atoms with van der Waals surface area (Å²) in [5.41, 5.74) is 5.03. The molecule has 30 heavy (non-hydrogen) atoms. The first-order valence-corrected chi connectivity index (χ1v) is 10.6. The minimum Gasteiger partial charge on any atom is -0.332 e. The molecule has 2 N–H and O–H groups in total. The van der Waals surface area contributed by atoms with Crippen LogP contribution in [-0.4, -0.2) is 16.0 Å². The largest absolute Gasteiger partial charge is 0.332 e. The Morgan fingerprint density at radius 3 is 2.57 bits per heavy atom. The van der Waals surface area contributed by atoms with Crippen LogP contribution in [0.15, 0.2) is 78.9 Å². The molecule has 4 nitrogen and oxygen atoms in total. The molecule has 0 unspecified atom stereocenters. The van der Waals surface area contributed by atoms with Crippen LogP contribution in [0.4, 0.5) is 5.69 Å². The molecule has 0 saturated heterocycles. The number of amides is 1. The molecule has 148 valence electrons. The number of nitrogens with one attached hydrogen (secondary N) is 2. The third kappa shape index (κ3) is 4.97. The average Bonchev–Trinajstić information content (AvgIpc) is 3.16. The first-order valence-electron chi connectivity index (χ1n) is 9.39. The highest BCUT2D eigenvalue weighted by molar-refractivity contribution is 7.80. The standard InChI is InChI=1S/C24H19N3OS2/c1-16-7-13-20-21(15-16)30-23(26-20)18-9-11-19(12-10-18)25-24(29)27-22(28)14-8-17-5-3-2-4-6-17/h2-15H,1H3,(H2,25,27,28,29). The highest BCUT2D eigenvalue weighted by Gasteiger charge is 2.07. The minimum atomic E-state index is -0.280. The maximum absolute atomic E-state index is 12.0. The van der Waals surface area contributed by atoms with Crippen molar-refractivity contribution in [3.8, 4) is 10.6 Å². The van der Waals surface area contributed by atoms with Gasteiger partial charge >= 0.3 is 0 Å². The number of carbonyl (C=O) groups excluding carboxylic acids is 1. The number of anilines is 1. The molecule has 6 heteroatoms. The molecule has 4 aromatic rings. The summed E-state index contributed by atoms with van der Waals surface area (Å²) in [5.74, 6) is -0.280. The zero-order chi connectivity index (χ0) is 20.9. The van der Waals surface area contributed by atoms with Gasteiger partial charge in [0.05, 0.1) is 10.2 Å². The number of aryl methyl sites for hydroxylation is 1. The van der Waals surface area contributed by atoms with E-state index in [1.807, 2.05) is 60.7 Å². The fourth-order valence-electron chi connectivity index (χ4n) is 2.90. The Labute approximate surface area is 184 Å². The molecule has 4 rings (SSSR count). The van der Waals surface area contributed by atoms with E-state index < -0.39 is 0 Å². The molecule has 0 spiro atoms. The summed E-state index contributed by atoms with van der Waals surface area (Å²) >= 11 is 6.91.